The van der Waals surface area contributed by atoms with Gasteiger partial charge in [0.05, 0.1) is 0 Å². The normalized spacial score (nSPS) is 13.2. The number of hydrogen-bond acceptors (Lipinski definition) is 6. The lowest BCUT2D eigenvalue weighted by Gasteiger charge is -2.33. The van der Waals surface area contributed by atoms with E-state index in [1.54, 1.807) is 0 Å². The summed E-state index contributed by atoms with van der Waals surface area (Å²) in [5, 5.41) is 5.39. The number of benzene rings is 1. The molecule has 0 saturated carbocycles. The average Bonchev–Trinajstić information content (AvgIpc) is 2.94. The third-order valence-corrected chi connectivity index (χ3v) is 5.82. The highest BCUT2D eigenvalue weighted by Gasteiger charge is 2.14. The Kier molecular flexibility index (Phi) is 9.75. The predicted molar refractivity (Wildman–Crippen MR) is 150 cm³/mol. The molecule has 0 radical (unpaired) electrons. The van der Waals surface area contributed by atoms with Gasteiger partial charge in [0.2, 0.25) is 0 Å². The summed E-state index contributed by atoms with van der Waals surface area (Å²) < 4.78 is 0. The van der Waals surface area contributed by atoms with Crippen LogP contribution < -0.4 is 10.2 Å². The van der Waals surface area contributed by atoms with Gasteiger partial charge in [-0.3, -0.25) is 4.98 Å². The number of nitrogens with zero attached hydrogens (tertiary/aromatic N) is 5. The van der Waals surface area contributed by atoms with E-state index in [1.807, 2.05) is 70.0 Å². The zero-order valence-corrected chi connectivity index (χ0v) is 21.3. The molecule has 1 aromatic carbocycles. The quantitative estimate of drug-likeness (QED) is 0.406. The van der Waals surface area contributed by atoms with E-state index in [-0.39, 0.29) is 0 Å². The van der Waals surface area contributed by atoms with Crippen LogP contribution in [0.1, 0.15) is 19.4 Å². The van der Waals surface area contributed by atoms with Crippen LogP contribution in [0, 0.1) is 0 Å². The molecule has 0 aliphatic carbocycles. The Morgan fingerprint density at radius 2 is 1.57 bits per heavy atom. The highest BCUT2D eigenvalue weighted by atomic mass is 15.3. The second kappa shape index (κ2) is 13.2. The Labute approximate surface area is 209 Å². The second-order valence-electron chi connectivity index (χ2n) is 8.06. The van der Waals surface area contributed by atoms with Crippen LogP contribution in [0.2, 0.25) is 0 Å². The molecule has 0 spiro atoms. The zero-order chi connectivity index (χ0) is 25.0. The third-order valence-electron chi connectivity index (χ3n) is 5.82. The van der Waals surface area contributed by atoms with Crippen molar-refractivity contribution in [1.82, 2.24) is 19.9 Å². The van der Waals surface area contributed by atoms with Crippen molar-refractivity contribution in [3.05, 3.63) is 85.5 Å². The van der Waals surface area contributed by atoms with Gasteiger partial charge < -0.3 is 15.1 Å². The Morgan fingerprint density at radius 1 is 0.829 bits per heavy atom. The van der Waals surface area contributed by atoms with Gasteiger partial charge in [0.25, 0.3) is 0 Å². The number of rotatable bonds is 4. The Hall–Kier alpha value is -3.77. The van der Waals surface area contributed by atoms with Crippen LogP contribution in [0.3, 0.4) is 0 Å². The second-order valence-corrected chi connectivity index (χ2v) is 8.06. The van der Waals surface area contributed by atoms with Crippen molar-refractivity contribution in [2.75, 3.05) is 50.5 Å². The van der Waals surface area contributed by atoms with Gasteiger partial charge >= 0.3 is 0 Å². The van der Waals surface area contributed by atoms with E-state index >= 15 is 0 Å². The maximum atomic E-state index is 4.40. The molecule has 182 valence electrons. The van der Waals surface area contributed by atoms with Crippen LogP contribution in [0.5, 0.6) is 0 Å². The molecular formula is C29H36N6. The predicted octanol–water partition coefficient (Wildman–Crippen LogP) is 5.84. The van der Waals surface area contributed by atoms with Gasteiger partial charge in [-0.15, -0.1) is 0 Å². The Balaban J connectivity index is 0.000000186. The summed E-state index contributed by atoms with van der Waals surface area (Å²) in [7, 11) is 4.03. The molecule has 5 rings (SSSR count). The topological polar surface area (TPSA) is 57.2 Å². The molecule has 1 aliphatic heterocycles. The average molecular weight is 469 g/mol. The number of aromatic nitrogens is 3. The molecule has 1 aliphatic rings. The molecule has 4 heterocycles. The number of piperazine rings is 1. The summed E-state index contributed by atoms with van der Waals surface area (Å²) in [4.78, 5) is 17.4. The van der Waals surface area contributed by atoms with Gasteiger partial charge in [-0.25, -0.2) is 9.97 Å². The van der Waals surface area contributed by atoms with Crippen LogP contribution >= 0.6 is 0 Å². The Bertz CT molecular complexity index is 1200. The summed E-state index contributed by atoms with van der Waals surface area (Å²) in [5.41, 5.74) is 3.51. The molecule has 4 aromatic rings. The number of hydrogen-bond donors (Lipinski definition) is 1. The highest BCUT2D eigenvalue weighted by Crippen LogP contribution is 2.24. The first-order valence-corrected chi connectivity index (χ1v) is 12.2. The summed E-state index contributed by atoms with van der Waals surface area (Å²) in [6, 6.07) is 16.5. The molecule has 6 heteroatoms. The minimum atomic E-state index is 0.884. The van der Waals surface area contributed by atoms with E-state index < -0.39 is 0 Å². The number of anilines is 2. The van der Waals surface area contributed by atoms with Gasteiger partial charge in [0.15, 0.2) is 0 Å². The molecule has 1 saturated heterocycles. The van der Waals surface area contributed by atoms with Crippen LogP contribution in [-0.4, -0.2) is 60.1 Å². The van der Waals surface area contributed by atoms with Crippen LogP contribution in [0.15, 0.2) is 79.9 Å². The lowest BCUT2D eigenvalue weighted by Crippen LogP contribution is -2.44. The molecule has 3 aromatic heterocycles. The van der Waals surface area contributed by atoms with Crippen LogP contribution in [0.25, 0.3) is 28.0 Å². The van der Waals surface area contributed by atoms with Crippen LogP contribution in [0.4, 0.5) is 11.6 Å². The smallest absolute Gasteiger partial charge is 0.129 e. The number of nitrogens with one attached hydrogen (secondary N) is 1. The van der Waals surface area contributed by atoms with Crippen molar-refractivity contribution in [3.63, 3.8) is 0 Å². The van der Waals surface area contributed by atoms with Crippen molar-refractivity contribution in [2.45, 2.75) is 13.8 Å². The van der Waals surface area contributed by atoms with Gasteiger partial charge in [-0.05, 0) is 65.5 Å². The lowest BCUT2D eigenvalue weighted by atomic mass is 10.0. The van der Waals surface area contributed by atoms with Gasteiger partial charge in [-0.1, -0.05) is 38.6 Å². The molecule has 1 fully saturated rings. The molecule has 0 amide bonds. The summed E-state index contributed by atoms with van der Waals surface area (Å²) in [5.74, 6) is 1.95. The lowest BCUT2D eigenvalue weighted by molar-refractivity contribution is 0.312. The number of pyridine rings is 3. The SMILES string of the molecule is C=Cc1ccnc(N2CCN(C)CC2)c1.CC.CNc1cc2cc(-c3ccncc3)ccc2cn1. The fourth-order valence-corrected chi connectivity index (χ4v) is 3.77. The van der Waals surface area contributed by atoms with Crippen molar-refractivity contribution in [1.29, 1.82) is 0 Å². The molecule has 6 nitrogen and oxygen atoms in total. The third kappa shape index (κ3) is 7.11. The van der Waals surface area contributed by atoms with E-state index in [9.17, 15) is 0 Å². The molecule has 0 atom stereocenters. The summed E-state index contributed by atoms with van der Waals surface area (Å²) in [6.07, 6.45) is 9.22. The first-order valence-electron chi connectivity index (χ1n) is 12.2. The van der Waals surface area contributed by atoms with E-state index in [0.717, 1.165) is 48.8 Å². The number of fused-ring (bicyclic) bond motifs is 1. The molecule has 35 heavy (non-hydrogen) atoms. The largest absolute Gasteiger partial charge is 0.373 e. The van der Waals surface area contributed by atoms with E-state index in [4.69, 9.17) is 0 Å². The van der Waals surface area contributed by atoms with E-state index in [0.29, 0.717) is 0 Å². The minimum Gasteiger partial charge on any atom is -0.373 e. The highest BCUT2D eigenvalue weighted by molar-refractivity contribution is 5.88. The van der Waals surface area contributed by atoms with Gasteiger partial charge in [0, 0.05) is 63.4 Å². The van der Waals surface area contributed by atoms with E-state index in [1.165, 1.54) is 16.5 Å². The van der Waals surface area contributed by atoms with Crippen molar-refractivity contribution in [3.8, 4) is 11.1 Å². The van der Waals surface area contributed by atoms with Gasteiger partial charge in [-0.2, -0.15) is 0 Å². The first kappa shape index (κ1) is 25.8. The van der Waals surface area contributed by atoms with Crippen molar-refractivity contribution < 1.29 is 0 Å². The maximum Gasteiger partial charge on any atom is 0.129 e. The molecule has 0 bridgehead atoms. The standard InChI is InChI=1S/C15H13N3.C12H17N3.C2H6/c1-16-15-9-14-8-12(2-3-13(14)10-18-15)11-4-6-17-7-5-11;1-3-11-4-5-13-12(10-11)15-8-6-14(2)7-9-15;1-2/h2-10H,1H3,(H,16,18);3-5,10H,1,6-9H2,2H3;1-2H3. The fraction of sp³-hybridized carbons (Fsp3) is 0.276. The number of likely N-dealkylation sites (N-methyl/N-ethyl adjacent to an activating group) is 1. The fourth-order valence-electron chi connectivity index (χ4n) is 3.77. The minimum absolute atomic E-state index is 0.884. The monoisotopic (exact) mass is 468 g/mol. The van der Waals surface area contributed by atoms with Gasteiger partial charge in [0.1, 0.15) is 11.6 Å². The van der Waals surface area contributed by atoms with Crippen molar-refractivity contribution in [2.24, 2.45) is 0 Å². The first-order chi connectivity index (χ1) is 17.2. The molecular weight excluding hydrogens is 432 g/mol. The summed E-state index contributed by atoms with van der Waals surface area (Å²) in [6.45, 7) is 12.1. The zero-order valence-electron chi connectivity index (χ0n) is 21.3. The molecule has 0 unspecified atom stereocenters. The maximum absolute atomic E-state index is 4.40. The molecule has 1 N–H and O–H groups in total. The van der Waals surface area contributed by atoms with Crippen molar-refractivity contribution >= 4 is 28.5 Å². The summed E-state index contributed by atoms with van der Waals surface area (Å²) >= 11 is 0. The van der Waals surface area contributed by atoms with E-state index in [2.05, 4.69) is 74.0 Å². The Morgan fingerprint density at radius 3 is 2.26 bits per heavy atom. The van der Waals surface area contributed by atoms with Crippen LogP contribution in [-0.2, 0) is 0 Å².